The minimum Gasteiger partial charge on any atom is -0.481 e. The van der Waals surface area contributed by atoms with E-state index in [1.807, 2.05) is 0 Å². The summed E-state index contributed by atoms with van der Waals surface area (Å²) in [6.07, 6.45) is -96.4. The van der Waals surface area contributed by atoms with Crippen molar-refractivity contribution < 1.29 is 271 Å². The first-order valence-corrected chi connectivity index (χ1v) is 33.8. The third-order valence-corrected chi connectivity index (χ3v) is 17.5. The molecule has 36 atom stereocenters. The van der Waals surface area contributed by atoms with Crippen LogP contribution in [0.2, 0.25) is 0 Å². The van der Waals surface area contributed by atoms with Gasteiger partial charge in [-0.25, -0.2) is 28.8 Å². The van der Waals surface area contributed by atoms with E-state index in [2.05, 4.69) is 0 Å². The minimum atomic E-state index is -2.78. The number of carboxylic acid groups (broad SMARTS) is 6. The molecule has 6 saturated heterocycles. The van der Waals surface area contributed by atoms with E-state index in [1.54, 1.807) is 0 Å². The van der Waals surface area contributed by atoms with Gasteiger partial charge in [0.25, 0.3) is 0 Å². The second kappa shape index (κ2) is 43.2. The van der Waals surface area contributed by atoms with Gasteiger partial charge in [-0.1, -0.05) is 0 Å². The Balaban J connectivity index is 1.33. The predicted molar refractivity (Wildman–Crippen MR) is 332 cm³/mol. The van der Waals surface area contributed by atoms with Gasteiger partial charge < -0.3 is 213 Å². The van der Waals surface area contributed by atoms with Crippen molar-refractivity contribution in [2.45, 2.75) is 259 Å². The Hall–Kier alpha value is -7.60. The van der Waals surface area contributed by atoms with Crippen LogP contribution in [-0.2, 0) is 138 Å². The van der Waals surface area contributed by atoms with Crippen LogP contribution >= 0.6 is 0 Å². The van der Waals surface area contributed by atoms with Gasteiger partial charge in [0.2, 0.25) is 0 Å². The first-order valence-electron chi connectivity index (χ1n) is 33.8. The number of carbonyl (C=O) groups is 12. The Labute approximate surface area is 640 Å². The second-order valence-corrected chi connectivity index (χ2v) is 26.1. The highest BCUT2D eigenvalue weighted by Crippen LogP contribution is 2.38. The number of aliphatic carboxylic acids is 6. The lowest BCUT2D eigenvalue weighted by atomic mass is 9.95. The number of hydrogen-bond donors (Lipinski definition) is 26. The molecule has 0 bridgehead atoms. The maximum absolute atomic E-state index is 13.1. The lowest BCUT2D eigenvalue weighted by molar-refractivity contribution is -0.396. The van der Waals surface area contributed by atoms with Gasteiger partial charge in [-0.15, -0.1) is 0 Å². The van der Waals surface area contributed by atoms with Crippen molar-refractivity contribution in [3.63, 3.8) is 0 Å². The first-order chi connectivity index (χ1) is 53.7. The van der Waals surface area contributed by atoms with Gasteiger partial charge in [-0.2, -0.15) is 0 Å². The summed E-state index contributed by atoms with van der Waals surface area (Å²) in [6.45, 7) is -8.08. The standard InChI is InChI=1S/C60H86O55/c61-13(1-25(67)68)49(92)99-7-19-31(79)32(80)39(87)56(106-19)112-45-21(9-101-51(94)15(63)3-27(71)72)108-58(41(89)34(45)82)114-47-23(11-103-53(96)17(65)5-29(75)76)110-60(43(91)36(47)84)115-48-24(12-104-54(97)18(66)6-30(77)78)109-59(42(90)37(48)85)113-46-22(10-102-52(95)16(64)4-28(73)74)107-57(40(88)35(46)83)111-44-20(105-55(98)38(86)33(44)81)8-100-50(93)14(62)2-26(69)70/h13-24,31-48,55-66,79-91,98H,1-12H2,(H,67,68)(H,69,70)(H,71,72)(H,73,74)(H,75,76)(H,77,78)/t13?,14?,15?,16?,17?,18?,19-,20-,21-,22-,23-,24-,31-,32+,33-,34-,35-,36-,37-,38-,39-,40-,41-,42-,43-,44-,45-,46-,47-,48-,55-,56-,57-,58-,59-,60-/m1/s1. The Morgan fingerprint density at radius 3 is 0.583 bits per heavy atom. The van der Waals surface area contributed by atoms with Crippen LogP contribution in [-0.4, -0.2) is 465 Å². The van der Waals surface area contributed by atoms with Crippen molar-refractivity contribution in [3.8, 4) is 0 Å². The molecule has 26 N–H and O–H groups in total. The fourth-order valence-corrected chi connectivity index (χ4v) is 11.5. The van der Waals surface area contributed by atoms with Crippen LogP contribution in [0.25, 0.3) is 0 Å². The van der Waals surface area contributed by atoms with Crippen LogP contribution in [0.3, 0.4) is 0 Å². The molecule has 0 radical (unpaired) electrons. The molecule has 6 fully saturated rings. The summed E-state index contributed by atoms with van der Waals surface area (Å²) in [7, 11) is 0. The van der Waals surface area contributed by atoms with E-state index in [0.29, 0.717) is 0 Å². The van der Waals surface area contributed by atoms with E-state index in [0.717, 1.165) is 0 Å². The van der Waals surface area contributed by atoms with Gasteiger partial charge in [0.05, 0.1) is 38.5 Å². The number of carboxylic acids is 6. The van der Waals surface area contributed by atoms with Gasteiger partial charge in [-0.3, -0.25) is 28.8 Å². The van der Waals surface area contributed by atoms with Crippen LogP contribution in [0.5, 0.6) is 0 Å². The van der Waals surface area contributed by atoms with Crippen LogP contribution in [0.4, 0.5) is 0 Å². The topological polar surface area (TPSA) is 888 Å². The van der Waals surface area contributed by atoms with E-state index < -0.39 is 371 Å². The average molecular weight is 1690 g/mol. The largest absolute Gasteiger partial charge is 0.481 e. The maximum atomic E-state index is 13.1. The van der Waals surface area contributed by atoms with Crippen molar-refractivity contribution in [3.05, 3.63) is 0 Å². The third kappa shape index (κ3) is 26.2. The molecule has 0 aliphatic carbocycles. The number of carbonyl (C=O) groups excluding carboxylic acids is 6. The number of rotatable bonds is 40. The third-order valence-electron chi connectivity index (χ3n) is 17.5. The number of esters is 6. The molecule has 55 heteroatoms. The molecule has 0 saturated carbocycles. The van der Waals surface area contributed by atoms with E-state index in [4.69, 9.17) is 90.7 Å². The molecule has 6 aliphatic rings. The van der Waals surface area contributed by atoms with E-state index >= 15 is 0 Å². The molecule has 0 aromatic carbocycles. The zero-order valence-corrected chi connectivity index (χ0v) is 58.7. The van der Waals surface area contributed by atoms with E-state index in [9.17, 15) is 180 Å². The summed E-state index contributed by atoms with van der Waals surface area (Å²) >= 11 is 0. The molecule has 0 spiro atoms. The molecule has 0 aromatic heterocycles. The number of aliphatic hydroxyl groups is 20. The highest BCUT2D eigenvalue weighted by atomic mass is 16.8. The lowest BCUT2D eigenvalue weighted by Gasteiger charge is -2.50. The van der Waals surface area contributed by atoms with Gasteiger partial charge >= 0.3 is 71.6 Å². The average Bonchev–Trinajstić information content (AvgIpc) is 0.774. The van der Waals surface area contributed by atoms with Crippen LogP contribution in [0.1, 0.15) is 38.5 Å². The highest BCUT2D eigenvalue weighted by molar-refractivity contribution is 5.83. The quantitative estimate of drug-likeness (QED) is 0.0200. The van der Waals surface area contributed by atoms with Gasteiger partial charge in [0.1, 0.15) is 186 Å². The van der Waals surface area contributed by atoms with Gasteiger partial charge in [-0.05, 0) is 0 Å². The van der Waals surface area contributed by atoms with Gasteiger partial charge in [0.15, 0.2) is 74.4 Å². The summed E-state index contributed by atoms with van der Waals surface area (Å²) < 4.78 is 91.9. The van der Waals surface area contributed by atoms with Crippen molar-refractivity contribution in [2.75, 3.05) is 39.6 Å². The fraction of sp³-hybridized carbons (Fsp3) is 0.800. The fourth-order valence-electron chi connectivity index (χ4n) is 11.5. The summed E-state index contributed by atoms with van der Waals surface area (Å²) in [5.74, 6) is -21.0. The molecule has 6 aliphatic heterocycles. The molecule has 656 valence electrons. The number of aliphatic hydroxyl groups excluding tert-OH is 20. The summed E-state index contributed by atoms with van der Waals surface area (Å²) in [5.41, 5.74) is 0. The van der Waals surface area contributed by atoms with Crippen LogP contribution in [0.15, 0.2) is 0 Å². The molecule has 6 rings (SSSR count). The molecule has 0 aromatic rings. The second-order valence-electron chi connectivity index (χ2n) is 26.1. The first kappa shape index (κ1) is 96.2. The van der Waals surface area contributed by atoms with E-state index in [1.165, 1.54) is 0 Å². The van der Waals surface area contributed by atoms with Crippen LogP contribution in [0, 0.1) is 0 Å². The Kier molecular flexibility index (Phi) is 36.2. The van der Waals surface area contributed by atoms with E-state index in [-0.39, 0.29) is 0 Å². The maximum Gasteiger partial charge on any atom is 0.335 e. The number of ether oxygens (including phenoxy) is 17. The Morgan fingerprint density at radius 2 is 0.383 bits per heavy atom. The van der Waals surface area contributed by atoms with Crippen molar-refractivity contribution >= 4 is 71.6 Å². The summed E-state index contributed by atoms with van der Waals surface area (Å²) in [5, 5.41) is 275. The zero-order valence-electron chi connectivity index (χ0n) is 58.7. The number of hydrogen-bond acceptors (Lipinski definition) is 49. The monoisotopic (exact) mass is 1690 g/mol. The SMILES string of the molecule is O=C(O)CC(O)C(=O)OC[C@H]1O[C@H](O[C@H]2[C@H](O)[C@@H](O)[C@@H](O[C@H]3[C@H](O)[C@@H](O)[C@@H](O[C@H]4[C@H](O)[C@@H](O)[C@@H](O[C@H]5[C@H](O)[C@@H](O)[C@@H](O[C@H]6[C@H](O)[C@@H](O)[C@H](O)O[C@@H]6COC(=O)C(O)CC(=O)O)O[C@@H]5COC(=O)C(O)CC(=O)O)O[C@@H]4COC(=O)C(O)CC(=O)O)O[C@@H]3COC(=O)C(O)CC(=O)O)O[C@@H]2COC(=O)C(O)CC(=O)O)[C@H](O)[C@@H](O)[C@@H]1O. The van der Waals surface area contributed by atoms with Crippen molar-refractivity contribution in [2.24, 2.45) is 0 Å². The zero-order chi connectivity index (χ0) is 86.2. The summed E-state index contributed by atoms with van der Waals surface area (Å²) in [4.78, 5) is 144. The molecule has 115 heavy (non-hydrogen) atoms. The summed E-state index contributed by atoms with van der Waals surface area (Å²) in [6, 6.07) is 0. The minimum absolute atomic E-state index is 1.17. The molecule has 6 unspecified atom stereocenters. The predicted octanol–water partition coefficient (Wildman–Crippen LogP) is -17.8. The normalized spacial score (nSPS) is 37.1. The molecule has 6 heterocycles. The van der Waals surface area contributed by atoms with Crippen LogP contribution < -0.4 is 0 Å². The highest BCUT2D eigenvalue weighted by Gasteiger charge is 2.59. The van der Waals surface area contributed by atoms with Crippen molar-refractivity contribution in [1.82, 2.24) is 0 Å². The smallest absolute Gasteiger partial charge is 0.335 e. The molecular formula is C60H86O55. The Bertz CT molecular complexity index is 3290. The van der Waals surface area contributed by atoms with Crippen molar-refractivity contribution in [1.29, 1.82) is 0 Å². The molecule has 55 nitrogen and oxygen atoms in total. The lowest BCUT2D eigenvalue weighted by Crippen LogP contribution is -2.68. The molecular weight excluding hydrogens is 1600 g/mol. The Morgan fingerprint density at radius 1 is 0.217 bits per heavy atom. The van der Waals surface area contributed by atoms with Gasteiger partial charge in [0, 0.05) is 0 Å². The molecule has 0 amide bonds.